The average molecular weight is 249 g/mol. The third kappa shape index (κ3) is 2.78. The summed E-state index contributed by atoms with van der Waals surface area (Å²) in [6.07, 6.45) is 4.01. The van der Waals surface area contributed by atoms with Gasteiger partial charge in [-0.25, -0.2) is 0 Å². The van der Waals surface area contributed by atoms with Crippen molar-refractivity contribution >= 4 is 0 Å². The minimum atomic E-state index is 0.194. The monoisotopic (exact) mass is 249 g/mol. The van der Waals surface area contributed by atoms with Crippen LogP contribution in [0.15, 0.2) is 18.2 Å². The Balaban J connectivity index is 1.97. The van der Waals surface area contributed by atoms with Gasteiger partial charge in [-0.05, 0) is 42.9 Å². The van der Waals surface area contributed by atoms with Crippen molar-refractivity contribution < 1.29 is 9.84 Å². The highest BCUT2D eigenvalue weighted by molar-refractivity contribution is 5.42. The van der Waals surface area contributed by atoms with Crippen molar-refractivity contribution in [2.24, 2.45) is 5.41 Å². The van der Waals surface area contributed by atoms with E-state index in [4.69, 9.17) is 4.74 Å². The van der Waals surface area contributed by atoms with Crippen LogP contribution in [0, 0.1) is 5.41 Å². The fraction of sp³-hybridized carbons (Fsp3) is 0.600. The predicted molar refractivity (Wildman–Crippen MR) is 73.0 cm³/mol. The number of benzene rings is 1. The van der Waals surface area contributed by atoms with Crippen LogP contribution < -0.4 is 10.1 Å². The van der Waals surface area contributed by atoms with E-state index in [1.807, 2.05) is 12.1 Å². The molecule has 0 spiro atoms. The molecule has 2 rings (SSSR count). The molecule has 0 heterocycles. The standard InChI is InChI=1S/C15H23NO2/c1-11(16-10-15(2)7-4-8-15)12-5-6-13(17)14(9-12)18-3/h5-6,9,11,16-17H,4,7-8,10H2,1-3H3. The van der Waals surface area contributed by atoms with Crippen LogP contribution in [0.25, 0.3) is 0 Å². The fourth-order valence-electron chi connectivity index (χ4n) is 2.44. The third-order valence-corrected chi connectivity index (χ3v) is 4.10. The number of methoxy groups -OCH3 is 1. The van der Waals surface area contributed by atoms with Crippen molar-refractivity contribution in [3.63, 3.8) is 0 Å². The lowest BCUT2D eigenvalue weighted by Gasteiger charge is -2.39. The Morgan fingerprint density at radius 2 is 2.17 bits per heavy atom. The van der Waals surface area contributed by atoms with E-state index in [1.54, 1.807) is 13.2 Å². The Kier molecular flexibility index (Phi) is 3.81. The summed E-state index contributed by atoms with van der Waals surface area (Å²) in [6, 6.07) is 5.81. The molecule has 0 bridgehead atoms. The first-order valence-electron chi connectivity index (χ1n) is 6.64. The van der Waals surface area contributed by atoms with Gasteiger partial charge in [-0.1, -0.05) is 19.4 Å². The molecule has 1 saturated carbocycles. The molecule has 0 radical (unpaired) electrons. The predicted octanol–water partition coefficient (Wildman–Crippen LogP) is 3.24. The van der Waals surface area contributed by atoms with Crippen molar-refractivity contribution in [2.45, 2.75) is 39.2 Å². The molecule has 0 saturated heterocycles. The third-order valence-electron chi connectivity index (χ3n) is 4.10. The second-order valence-corrected chi connectivity index (χ2v) is 5.70. The second kappa shape index (κ2) is 5.19. The number of phenols is 1. The number of aromatic hydroxyl groups is 1. The van der Waals surface area contributed by atoms with Crippen molar-refractivity contribution in [1.82, 2.24) is 5.32 Å². The molecule has 1 fully saturated rings. The Labute approximate surface area is 109 Å². The Morgan fingerprint density at radius 1 is 1.44 bits per heavy atom. The number of ether oxygens (including phenoxy) is 1. The second-order valence-electron chi connectivity index (χ2n) is 5.70. The zero-order valence-electron chi connectivity index (χ0n) is 11.5. The summed E-state index contributed by atoms with van der Waals surface area (Å²) in [5.74, 6) is 0.732. The van der Waals surface area contributed by atoms with E-state index in [-0.39, 0.29) is 11.8 Å². The summed E-state index contributed by atoms with van der Waals surface area (Å²) in [4.78, 5) is 0. The van der Waals surface area contributed by atoms with Crippen LogP contribution in [-0.2, 0) is 0 Å². The van der Waals surface area contributed by atoms with Gasteiger partial charge in [0.25, 0.3) is 0 Å². The lowest BCUT2D eigenvalue weighted by molar-refractivity contribution is 0.152. The normalized spacial score (nSPS) is 19.1. The zero-order valence-corrected chi connectivity index (χ0v) is 11.5. The van der Waals surface area contributed by atoms with Crippen LogP contribution >= 0.6 is 0 Å². The summed E-state index contributed by atoms with van der Waals surface area (Å²) >= 11 is 0. The molecule has 1 atom stereocenters. The van der Waals surface area contributed by atoms with E-state index in [1.165, 1.54) is 19.3 Å². The zero-order chi connectivity index (χ0) is 13.2. The molecule has 18 heavy (non-hydrogen) atoms. The van der Waals surface area contributed by atoms with E-state index in [0.717, 1.165) is 12.1 Å². The maximum absolute atomic E-state index is 9.58. The lowest BCUT2D eigenvalue weighted by atomic mass is 9.70. The first-order valence-corrected chi connectivity index (χ1v) is 6.64. The Hall–Kier alpha value is -1.22. The SMILES string of the molecule is COc1cc(C(C)NCC2(C)CCC2)ccc1O. The number of phenolic OH excluding ortho intramolecular Hbond substituents is 1. The highest BCUT2D eigenvalue weighted by Crippen LogP contribution is 2.40. The van der Waals surface area contributed by atoms with Gasteiger partial charge < -0.3 is 15.2 Å². The minimum Gasteiger partial charge on any atom is -0.504 e. The van der Waals surface area contributed by atoms with Gasteiger partial charge >= 0.3 is 0 Å². The van der Waals surface area contributed by atoms with Crippen LogP contribution in [0.4, 0.5) is 0 Å². The Morgan fingerprint density at radius 3 is 2.72 bits per heavy atom. The summed E-state index contributed by atoms with van der Waals surface area (Å²) in [5, 5.41) is 13.2. The maximum Gasteiger partial charge on any atom is 0.160 e. The smallest absolute Gasteiger partial charge is 0.160 e. The van der Waals surface area contributed by atoms with Crippen molar-refractivity contribution in [3.05, 3.63) is 23.8 Å². The van der Waals surface area contributed by atoms with E-state index in [0.29, 0.717) is 11.2 Å². The first kappa shape index (κ1) is 13.2. The van der Waals surface area contributed by atoms with E-state index < -0.39 is 0 Å². The number of hydrogen-bond donors (Lipinski definition) is 2. The summed E-state index contributed by atoms with van der Waals surface area (Å²) in [6.45, 7) is 5.54. The van der Waals surface area contributed by atoms with Crippen LogP contribution in [-0.4, -0.2) is 18.8 Å². The van der Waals surface area contributed by atoms with E-state index in [2.05, 4.69) is 19.2 Å². The van der Waals surface area contributed by atoms with Crippen molar-refractivity contribution in [1.29, 1.82) is 0 Å². The van der Waals surface area contributed by atoms with Crippen LogP contribution in [0.3, 0.4) is 0 Å². The molecule has 1 aliphatic rings. The van der Waals surface area contributed by atoms with Crippen molar-refractivity contribution in [3.8, 4) is 11.5 Å². The first-order chi connectivity index (χ1) is 8.54. The summed E-state index contributed by atoms with van der Waals surface area (Å²) in [7, 11) is 1.58. The van der Waals surface area contributed by atoms with Gasteiger partial charge in [0.2, 0.25) is 0 Å². The Bertz CT molecular complexity index is 413. The van der Waals surface area contributed by atoms with Gasteiger partial charge in [0.1, 0.15) is 0 Å². The highest BCUT2D eigenvalue weighted by atomic mass is 16.5. The van der Waals surface area contributed by atoms with Crippen LogP contribution in [0.5, 0.6) is 11.5 Å². The number of nitrogens with one attached hydrogen (secondary N) is 1. The van der Waals surface area contributed by atoms with Gasteiger partial charge in [-0.3, -0.25) is 0 Å². The average Bonchev–Trinajstić information content (AvgIpc) is 2.34. The van der Waals surface area contributed by atoms with Gasteiger partial charge in [-0.15, -0.1) is 0 Å². The van der Waals surface area contributed by atoms with Crippen molar-refractivity contribution in [2.75, 3.05) is 13.7 Å². The highest BCUT2D eigenvalue weighted by Gasteiger charge is 2.31. The summed E-state index contributed by atoms with van der Waals surface area (Å²) < 4.78 is 5.14. The fourth-order valence-corrected chi connectivity index (χ4v) is 2.44. The molecule has 0 aliphatic heterocycles. The molecule has 3 nitrogen and oxygen atoms in total. The van der Waals surface area contributed by atoms with Gasteiger partial charge in [-0.2, -0.15) is 0 Å². The molecule has 0 amide bonds. The number of hydrogen-bond acceptors (Lipinski definition) is 3. The van der Waals surface area contributed by atoms with Gasteiger partial charge in [0.15, 0.2) is 11.5 Å². The molecule has 2 N–H and O–H groups in total. The quantitative estimate of drug-likeness (QED) is 0.841. The molecule has 1 unspecified atom stereocenters. The van der Waals surface area contributed by atoms with Crippen LogP contribution in [0.2, 0.25) is 0 Å². The molecule has 3 heteroatoms. The van der Waals surface area contributed by atoms with Crippen LogP contribution in [0.1, 0.15) is 44.7 Å². The topological polar surface area (TPSA) is 41.5 Å². The van der Waals surface area contributed by atoms with Gasteiger partial charge in [0.05, 0.1) is 7.11 Å². The molecular formula is C15H23NO2. The molecule has 1 aliphatic carbocycles. The molecular weight excluding hydrogens is 226 g/mol. The van der Waals surface area contributed by atoms with Gasteiger partial charge in [0, 0.05) is 12.6 Å². The molecule has 1 aromatic carbocycles. The van der Waals surface area contributed by atoms with E-state index >= 15 is 0 Å². The minimum absolute atomic E-state index is 0.194. The lowest BCUT2D eigenvalue weighted by Crippen LogP contribution is -2.38. The summed E-state index contributed by atoms with van der Waals surface area (Å²) in [5.41, 5.74) is 1.63. The molecule has 0 aromatic heterocycles. The largest absolute Gasteiger partial charge is 0.504 e. The van der Waals surface area contributed by atoms with E-state index in [9.17, 15) is 5.11 Å². The number of rotatable bonds is 5. The molecule has 1 aromatic rings. The maximum atomic E-state index is 9.58. The molecule has 100 valence electrons.